The third kappa shape index (κ3) is 3.97. The van der Waals surface area contributed by atoms with E-state index in [1.165, 1.54) is 11.1 Å². The molecule has 1 aromatic rings. The van der Waals surface area contributed by atoms with E-state index in [0.717, 1.165) is 11.8 Å². The van der Waals surface area contributed by atoms with E-state index in [9.17, 15) is 0 Å². The molecule has 0 aliphatic heterocycles. The number of halogens is 2. The molecule has 70 valence electrons. The van der Waals surface area contributed by atoms with Crippen LogP contribution in [0.3, 0.4) is 0 Å². The van der Waals surface area contributed by atoms with Gasteiger partial charge in [-0.3, -0.25) is 0 Å². The summed E-state index contributed by atoms with van der Waals surface area (Å²) in [6, 6.07) is 8.28. The van der Waals surface area contributed by atoms with Crippen LogP contribution in [0.15, 0.2) is 30.3 Å². The molecule has 0 saturated carbocycles. The summed E-state index contributed by atoms with van der Waals surface area (Å²) in [6.45, 7) is 0. The van der Waals surface area contributed by atoms with Crippen LogP contribution >= 0.6 is 27.5 Å². The van der Waals surface area contributed by atoms with Crippen molar-refractivity contribution in [1.29, 1.82) is 0 Å². The van der Waals surface area contributed by atoms with Gasteiger partial charge in [0.15, 0.2) is 0 Å². The second-order valence-corrected chi connectivity index (χ2v) is 3.82. The summed E-state index contributed by atoms with van der Waals surface area (Å²) in [7, 11) is 0. The molecule has 0 saturated heterocycles. The van der Waals surface area contributed by atoms with Crippen molar-refractivity contribution in [2.24, 2.45) is 0 Å². The van der Waals surface area contributed by atoms with Crippen molar-refractivity contribution in [1.82, 2.24) is 0 Å². The Morgan fingerprint density at radius 1 is 1.23 bits per heavy atom. The predicted octanol–water partition coefficient (Wildman–Crippen LogP) is 4.22. The molecule has 1 aromatic carbocycles. The summed E-state index contributed by atoms with van der Waals surface area (Å²) >= 11 is 9.06. The molecule has 0 N–H and O–H groups in total. The summed E-state index contributed by atoms with van der Waals surface area (Å²) < 4.78 is 0. The lowest BCUT2D eigenvalue weighted by atomic mass is 10.1. The van der Waals surface area contributed by atoms with Gasteiger partial charge in [-0.1, -0.05) is 52.3 Å². The number of benzene rings is 1. The summed E-state index contributed by atoms with van der Waals surface area (Å²) in [6.07, 6.45) is 5.35. The average Bonchev–Trinajstić information content (AvgIpc) is 2.19. The van der Waals surface area contributed by atoms with Gasteiger partial charge in [0.1, 0.15) is 0 Å². The number of allylic oxidation sites excluding steroid dienone is 1. The molecule has 0 aliphatic carbocycles. The van der Waals surface area contributed by atoms with Crippen molar-refractivity contribution in [3.05, 3.63) is 41.5 Å². The Labute approximate surface area is 92.7 Å². The fourth-order valence-electron chi connectivity index (χ4n) is 1.00. The molecular formula is C11H12BrCl. The summed E-state index contributed by atoms with van der Waals surface area (Å²) in [4.78, 5) is 0. The van der Waals surface area contributed by atoms with Crippen LogP contribution in [0.5, 0.6) is 0 Å². The Kier molecular flexibility index (Phi) is 5.18. The number of hydrogen-bond acceptors (Lipinski definition) is 0. The quantitative estimate of drug-likeness (QED) is 0.710. The fraction of sp³-hybridized carbons (Fsp3) is 0.273. The highest BCUT2D eigenvalue weighted by atomic mass is 79.9. The molecule has 0 bridgehead atoms. The lowest BCUT2D eigenvalue weighted by Gasteiger charge is -1.95. The summed E-state index contributed by atoms with van der Waals surface area (Å²) in [5.41, 5.74) is 2.40. The SMILES string of the molecule is ClCc1ccc(C=CCCBr)cc1. The normalized spacial score (nSPS) is 10.9. The van der Waals surface area contributed by atoms with Crippen LogP contribution in [0.1, 0.15) is 17.5 Å². The maximum atomic E-state index is 5.68. The van der Waals surface area contributed by atoms with Crippen LogP contribution in [0.4, 0.5) is 0 Å². The van der Waals surface area contributed by atoms with Gasteiger partial charge >= 0.3 is 0 Å². The topological polar surface area (TPSA) is 0 Å². The minimum absolute atomic E-state index is 0.589. The standard InChI is InChI=1S/C11H12BrCl/c12-8-2-1-3-10-4-6-11(9-13)7-5-10/h1,3-7H,2,8-9H2. The van der Waals surface area contributed by atoms with E-state index >= 15 is 0 Å². The van der Waals surface area contributed by atoms with E-state index in [-0.39, 0.29) is 0 Å². The third-order valence-electron chi connectivity index (χ3n) is 1.72. The molecule has 0 amide bonds. The highest BCUT2D eigenvalue weighted by Crippen LogP contribution is 2.08. The van der Waals surface area contributed by atoms with Crippen LogP contribution in [-0.2, 0) is 5.88 Å². The van der Waals surface area contributed by atoms with E-state index in [4.69, 9.17) is 11.6 Å². The molecule has 0 heterocycles. The van der Waals surface area contributed by atoms with E-state index in [0.29, 0.717) is 5.88 Å². The molecule has 0 unspecified atom stereocenters. The molecule has 0 spiro atoms. The molecule has 0 aliphatic rings. The predicted molar refractivity (Wildman–Crippen MR) is 63.4 cm³/mol. The first-order valence-electron chi connectivity index (χ1n) is 4.24. The Bertz CT molecular complexity index is 264. The van der Waals surface area contributed by atoms with Gasteiger partial charge in [-0.15, -0.1) is 11.6 Å². The van der Waals surface area contributed by atoms with E-state index in [2.05, 4.69) is 52.3 Å². The van der Waals surface area contributed by atoms with Crippen molar-refractivity contribution < 1.29 is 0 Å². The molecular weight excluding hydrogens is 247 g/mol. The fourth-order valence-corrected chi connectivity index (χ4v) is 1.44. The van der Waals surface area contributed by atoms with Crippen molar-refractivity contribution in [3.63, 3.8) is 0 Å². The monoisotopic (exact) mass is 258 g/mol. The molecule has 2 heteroatoms. The van der Waals surface area contributed by atoms with Gasteiger partial charge in [-0.05, 0) is 17.5 Å². The Balaban J connectivity index is 2.58. The van der Waals surface area contributed by atoms with E-state index < -0.39 is 0 Å². The van der Waals surface area contributed by atoms with Crippen molar-refractivity contribution in [2.45, 2.75) is 12.3 Å². The molecule has 1 rings (SSSR count). The maximum absolute atomic E-state index is 5.68. The summed E-state index contributed by atoms with van der Waals surface area (Å²) in [5.74, 6) is 0.589. The van der Waals surface area contributed by atoms with Gasteiger partial charge in [0, 0.05) is 11.2 Å². The summed E-state index contributed by atoms with van der Waals surface area (Å²) in [5, 5.41) is 1.02. The Morgan fingerprint density at radius 3 is 2.46 bits per heavy atom. The molecule has 13 heavy (non-hydrogen) atoms. The van der Waals surface area contributed by atoms with Gasteiger partial charge in [0.05, 0.1) is 0 Å². The minimum atomic E-state index is 0.589. The zero-order valence-electron chi connectivity index (χ0n) is 7.34. The Hall–Kier alpha value is -0.270. The van der Waals surface area contributed by atoms with Crippen LogP contribution in [0, 0.1) is 0 Å². The van der Waals surface area contributed by atoms with Gasteiger partial charge in [0.2, 0.25) is 0 Å². The lowest BCUT2D eigenvalue weighted by Crippen LogP contribution is -1.77. The lowest BCUT2D eigenvalue weighted by molar-refractivity contribution is 1.27. The van der Waals surface area contributed by atoms with Crippen LogP contribution in [-0.4, -0.2) is 5.33 Å². The van der Waals surface area contributed by atoms with Gasteiger partial charge in [0.25, 0.3) is 0 Å². The average molecular weight is 260 g/mol. The zero-order chi connectivity index (χ0) is 9.52. The van der Waals surface area contributed by atoms with Gasteiger partial charge in [-0.25, -0.2) is 0 Å². The highest BCUT2D eigenvalue weighted by molar-refractivity contribution is 9.09. The first-order valence-corrected chi connectivity index (χ1v) is 5.90. The van der Waals surface area contributed by atoms with Crippen molar-refractivity contribution in [2.75, 3.05) is 5.33 Å². The van der Waals surface area contributed by atoms with Crippen LogP contribution in [0.2, 0.25) is 0 Å². The van der Waals surface area contributed by atoms with Crippen LogP contribution in [0.25, 0.3) is 6.08 Å². The second-order valence-electron chi connectivity index (χ2n) is 2.76. The molecule has 0 aromatic heterocycles. The first-order chi connectivity index (χ1) is 6.36. The second kappa shape index (κ2) is 6.22. The smallest absolute Gasteiger partial charge is 0.0474 e. The van der Waals surface area contributed by atoms with Crippen molar-refractivity contribution >= 4 is 33.6 Å². The number of alkyl halides is 2. The first kappa shape index (κ1) is 10.8. The molecule has 0 radical (unpaired) electrons. The van der Waals surface area contributed by atoms with Crippen LogP contribution < -0.4 is 0 Å². The highest BCUT2D eigenvalue weighted by Gasteiger charge is 1.89. The molecule has 0 nitrogen and oxygen atoms in total. The van der Waals surface area contributed by atoms with E-state index in [1.807, 2.05) is 0 Å². The zero-order valence-corrected chi connectivity index (χ0v) is 9.68. The third-order valence-corrected chi connectivity index (χ3v) is 2.49. The van der Waals surface area contributed by atoms with E-state index in [1.54, 1.807) is 0 Å². The largest absolute Gasteiger partial charge is 0.122 e. The van der Waals surface area contributed by atoms with Gasteiger partial charge < -0.3 is 0 Å². The maximum Gasteiger partial charge on any atom is 0.0474 e. The molecule has 0 fully saturated rings. The van der Waals surface area contributed by atoms with Crippen molar-refractivity contribution in [3.8, 4) is 0 Å². The Morgan fingerprint density at radius 2 is 1.92 bits per heavy atom. The van der Waals surface area contributed by atoms with Gasteiger partial charge in [-0.2, -0.15) is 0 Å². The number of hydrogen-bond donors (Lipinski definition) is 0. The minimum Gasteiger partial charge on any atom is -0.122 e. The number of rotatable bonds is 4. The molecule has 0 atom stereocenters.